The van der Waals surface area contributed by atoms with Crippen LogP contribution in [0.1, 0.15) is 90.2 Å². The maximum Gasteiger partial charge on any atom is 0.417 e. The number of amides is 4. The molecule has 2 aromatic carbocycles. The molecule has 4 fully saturated rings. The van der Waals surface area contributed by atoms with Gasteiger partial charge in [0.1, 0.15) is 11.6 Å². The van der Waals surface area contributed by atoms with Crippen molar-refractivity contribution in [3.05, 3.63) is 53.6 Å². The minimum Gasteiger partial charge on any atom is -0.374 e. The fourth-order valence-electron chi connectivity index (χ4n) is 9.00. The molecule has 3 saturated heterocycles. The average Bonchev–Trinajstić information content (AvgIpc) is 3.32. The third kappa shape index (κ3) is 9.93. The number of anilines is 3. The number of piperidine rings is 1. The number of nitrogens with one attached hydrogen (secondary N) is 3. The number of thiocarbonyl (C=S) groups is 1. The number of nitrogens with zero attached hydrogens (tertiary/aromatic N) is 5. The van der Waals surface area contributed by atoms with E-state index in [2.05, 4.69) is 39.6 Å². The molecule has 1 saturated carbocycles. The minimum atomic E-state index is -4.75. The molecule has 4 aliphatic rings. The molecule has 0 radical (unpaired) electrons. The molecule has 3 N–H and O–H groups in total. The summed E-state index contributed by atoms with van der Waals surface area (Å²) in [6.07, 6.45) is 1.63. The number of halogens is 4. The number of alkyl halides is 3. The standard InChI is InChI=1S/C41H51F3N8O4S.ClH/c1-25-22-49(23-26(2)50(25)24-36(54)47-30-9-5-8-29(19-30)46-34-16-17-35(53)48-37(34)55)18-6-7-27-10-13-31(14-11-27)52-39(57)51(38(56)40(52,3)4)32-15-12-28(21-45)33(20-32)41(42,43)44;/h5,8-9,12,15,19-20,25-27,31,34,46H,6-7,10-11,13-14,16-18,22-24H2,1-4H3,(H,47,54)(H,48,53,55);1H/t25-,26+,27?,31?,34-;/m1./s1. The maximum absolute atomic E-state index is 13.7. The van der Waals surface area contributed by atoms with E-state index in [1.54, 1.807) is 38.1 Å². The van der Waals surface area contributed by atoms with Gasteiger partial charge in [-0.25, -0.2) is 0 Å². The topological polar surface area (TPSA) is 141 Å². The predicted octanol–water partition coefficient (Wildman–Crippen LogP) is 6.30. The van der Waals surface area contributed by atoms with Crippen molar-refractivity contribution < 1.29 is 32.3 Å². The molecule has 0 aromatic heterocycles. The molecular weight excluding hydrogens is 793 g/mol. The van der Waals surface area contributed by atoms with Crippen LogP contribution in [0.15, 0.2) is 42.5 Å². The molecule has 3 heterocycles. The van der Waals surface area contributed by atoms with Gasteiger partial charge in [-0.3, -0.25) is 34.3 Å². The molecule has 0 unspecified atom stereocenters. The Labute approximate surface area is 349 Å². The molecule has 3 atom stereocenters. The highest BCUT2D eigenvalue weighted by molar-refractivity contribution is 7.80. The van der Waals surface area contributed by atoms with E-state index in [4.69, 9.17) is 12.2 Å². The van der Waals surface area contributed by atoms with E-state index in [-0.39, 0.29) is 77.9 Å². The zero-order valence-corrected chi connectivity index (χ0v) is 34.9. The summed E-state index contributed by atoms with van der Waals surface area (Å²) in [7, 11) is 0. The molecule has 1 aliphatic carbocycles. The van der Waals surface area contributed by atoms with Gasteiger partial charge in [0.25, 0.3) is 5.91 Å². The third-order valence-electron chi connectivity index (χ3n) is 11.9. The Bertz CT molecular complexity index is 1920. The number of carbonyl (C=O) groups is 4. The van der Waals surface area contributed by atoms with Crippen LogP contribution in [0.3, 0.4) is 0 Å². The third-order valence-corrected chi connectivity index (χ3v) is 12.3. The number of hydrogen-bond acceptors (Lipinski definition) is 9. The number of rotatable bonds is 11. The van der Waals surface area contributed by atoms with Crippen LogP contribution in [0.4, 0.5) is 30.2 Å². The first-order valence-corrected chi connectivity index (χ1v) is 20.1. The van der Waals surface area contributed by atoms with E-state index in [0.717, 1.165) is 70.3 Å². The van der Waals surface area contributed by atoms with Crippen molar-refractivity contribution in [2.24, 2.45) is 5.92 Å². The molecule has 58 heavy (non-hydrogen) atoms. The summed E-state index contributed by atoms with van der Waals surface area (Å²) in [5.41, 5.74) is -1.31. The van der Waals surface area contributed by atoms with Crippen molar-refractivity contribution in [3.63, 3.8) is 0 Å². The smallest absolute Gasteiger partial charge is 0.374 e. The van der Waals surface area contributed by atoms with Gasteiger partial charge in [-0.05, 0) is 134 Å². The Morgan fingerprint density at radius 1 is 1.00 bits per heavy atom. The first-order chi connectivity index (χ1) is 27.0. The van der Waals surface area contributed by atoms with Gasteiger partial charge in [0, 0.05) is 49.0 Å². The largest absolute Gasteiger partial charge is 0.417 e. The lowest BCUT2D eigenvalue weighted by Crippen LogP contribution is -2.58. The number of piperazine rings is 1. The second-order valence-electron chi connectivity index (χ2n) is 16.4. The lowest BCUT2D eigenvalue weighted by Gasteiger charge is -2.44. The van der Waals surface area contributed by atoms with Gasteiger partial charge in [-0.1, -0.05) is 6.07 Å². The number of carbonyl (C=O) groups excluding carboxylic acids is 4. The summed E-state index contributed by atoms with van der Waals surface area (Å²) in [5, 5.41) is 17.9. The van der Waals surface area contributed by atoms with Crippen LogP contribution < -0.4 is 20.9 Å². The Morgan fingerprint density at radius 2 is 1.67 bits per heavy atom. The van der Waals surface area contributed by atoms with Gasteiger partial charge in [0.15, 0.2) is 5.11 Å². The Hall–Kier alpha value is -4.30. The van der Waals surface area contributed by atoms with Crippen LogP contribution in [0.5, 0.6) is 0 Å². The van der Waals surface area contributed by atoms with E-state index in [9.17, 15) is 37.6 Å². The van der Waals surface area contributed by atoms with E-state index in [1.807, 2.05) is 11.0 Å². The SMILES string of the molecule is C[C@@H]1CN(CCCC2CCC(N3C(=S)N(c4ccc(C#N)c(C(F)(F)F)c4)C(=O)C3(C)C)CC2)C[C@H](C)N1CC(=O)Nc1cccc(N[C@@H]2CCC(=O)NC2=O)c1.Cl. The lowest BCUT2D eigenvalue weighted by atomic mass is 9.82. The van der Waals surface area contributed by atoms with Gasteiger partial charge >= 0.3 is 6.18 Å². The van der Waals surface area contributed by atoms with Crippen molar-refractivity contribution in [3.8, 4) is 6.07 Å². The highest BCUT2D eigenvalue weighted by Crippen LogP contribution is 2.41. The van der Waals surface area contributed by atoms with Crippen LogP contribution in [0.25, 0.3) is 0 Å². The number of nitriles is 1. The summed E-state index contributed by atoms with van der Waals surface area (Å²) in [4.78, 5) is 58.2. The van der Waals surface area contributed by atoms with Crippen LogP contribution >= 0.6 is 24.6 Å². The van der Waals surface area contributed by atoms with Gasteiger partial charge in [-0.15, -0.1) is 12.4 Å². The fraction of sp³-hybridized carbons (Fsp3) is 0.561. The van der Waals surface area contributed by atoms with Crippen molar-refractivity contribution in [2.45, 2.75) is 115 Å². The quantitative estimate of drug-likeness (QED) is 0.175. The van der Waals surface area contributed by atoms with E-state index in [0.29, 0.717) is 23.7 Å². The number of benzene rings is 2. The van der Waals surface area contributed by atoms with Crippen LogP contribution in [-0.2, 0) is 25.4 Å². The second-order valence-corrected chi connectivity index (χ2v) is 16.8. The van der Waals surface area contributed by atoms with Gasteiger partial charge < -0.3 is 20.4 Å². The first kappa shape index (κ1) is 44.8. The lowest BCUT2D eigenvalue weighted by molar-refractivity contribution is -0.138. The van der Waals surface area contributed by atoms with Crippen LogP contribution in [-0.4, -0.2) is 99.3 Å². The molecule has 3 aliphatic heterocycles. The number of hydrogen-bond donors (Lipinski definition) is 3. The first-order valence-electron chi connectivity index (χ1n) is 19.7. The molecule has 12 nitrogen and oxygen atoms in total. The highest BCUT2D eigenvalue weighted by Gasteiger charge is 2.52. The molecule has 6 rings (SSSR count). The fourth-order valence-corrected chi connectivity index (χ4v) is 9.56. The summed E-state index contributed by atoms with van der Waals surface area (Å²) >= 11 is 5.77. The average molecular weight is 845 g/mol. The summed E-state index contributed by atoms with van der Waals surface area (Å²) in [5.74, 6) is -0.603. The van der Waals surface area contributed by atoms with Crippen molar-refractivity contribution >= 4 is 70.4 Å². The molecule has 314 valence electrons. The Kier molecular flexibility index (Phi) is 14.1. The van der Waals surface area contributed by atoms with E-state index in [1.165, 1.54) is 11.0 Å². The molecular formula is C41H52ClF3N8O4S. The molecule has 17 heteroatoms. The Balaban J connectivity index is 0.00000641. The van der Waals surface area contributed by atoms with Crippen molar-refractivity contribution in [1.82, 2.24) is 20.0 Å². The predicted molar refractivity (Wildman–Crippen MR) is 221 cm³/mol. The normalized spacial score (nSPS) is 25.5. The van der Waals surface area contributed by atoms with Gasteiger partial charge in [-0.2, -0.15) is 18.4 Å². The van der Waals surface area contributed by atoms with Crippen molar-refractivity contribution in [1.29, 1.82) is 5.26 Å². The van der Waals surface area contributed by atoms with E-state index < -0.39 is 28.9 Å². The monoisotopic (exact) mass is 844 g/mol. The van der Waals surface area contributed by atoms with E-state index >= 15 is 0 Å². The number of imide groups is 1. The summed E-state index contributed by atoms with van der Waals surface area (Å²) in [6, 6.07) is 11.9. The summed E-state index contributed by atoms with van der Waals surface area (Å²) < 4.78 is 41.2. The minimum absolute atomic E-state index is 0. The Morgan fingerprint density at radius 3 is 2.31 bits per heavy atom. The van der Waals surface area contributed by atoms with Crippen LogP contribution in [0, 0.1) is 17.2 Å². The maximum atomic E-state index is 13.7. The van der Waals surface area contributed by atoms with Crippen molar-refractivity contribution in [2.75, 3.05) is 41.7 Å². The zero-order valence-electron chi connectivity index (χ0n) is 33.2. The molecule has 0 bridgehead atoms. The van der Waals surface area contributed by atoms with Gasteiger partial charge in [0.05, 0.1) is 29.4 Å². The summed E-state index contributed by atoms with van der Waals surface area (Å²) in [6.45, 7) is 10.7. The zero-order chi connectivity index (χ0) is 41.2. The molecule has 4 amide bonds. The second kappa shape index (κ2) is 18.3. The van der Waals surface area contributed by atoms with Crippen LogP contribution in [0.2, 0.25) is 0 Å². The molecule has 2 aromatic rings. The molecule has 0 spiro atoms. The highest BCUT2D eigenvalue weighted by atomic mass is 35.5. The van der Waals surface area contributed by atoms with Gasteiger partial charge in [0.2, 0.25) is 17.7 Å².